The molecule has 0 bridgehead atoms. The molecule has 0 spiro atoms. The number of carbonyl (C=O) groups is 1. The second-order valence-electron chi connectivity index (χ2n) is 12.1. The molecular weight excluding hydrogens is 497 g/mol. The maximum atomic E-state index is 14.4. The molecule has 2 fully saturated rings. The molecule has 3 aliphatic rings. The summed E-state index contributed by atoms with van der Waals surface area (Å²) in [6.45, 7) is 7.68. The number of rotatable bonds is 10. The monoisotopic (exact) mass is 539 g/mol. The lowest BCUT2D eigenvalue weighted by Gasteiger charge is -2.36. The van der Waals surface area contributed by atoms with Gasteiger partial charge in [-0.1, -0.05) is 26.0 Å². The Labute approximate surface area is 231 Å². The van der Waals surface area contributed by atoms with Gasteiger partial charge >= 0.3 is 5.97 Å². The lowest BCUT2D eigenvalue weighted by molar-refractivity contribution is -0.143. The van der Waals surface area contributed by atoms with Crippen LogP contribution in [0.3, 0.4) is 0 Å². The average molecular weight is 540 g/mol. The lowest BCUT2D eigenvalue weighted by Crippen LogP contribution is -2.35. The molecule has 5 rings (SSSR count). The van der Waals surface area contributed by atoms with E-state index in [1.54, 1.807) is 6.07 Å². The number of anilines is 1. The maximum Gasteiger partial charge on any atom is 0.325 e. The van der Waals surface area contributed by atoms with Gasteiger partial charge in [0.05, 0.1) is 18.8 Å². The summed E-state index contributed by atoms with van der Waals surface area (Å²) in [7, 11) is 0. The van der Waals surface area contributed by atoms with Gasteiger partial charge in [0, 0.05) is 31.9 Å². The van der Waals surface area contributed by atoms with Gasteiger partial charge in [-0.15, -0.1) is 0 Å². The van der Waals surface area contributed by atoms with Crippen molar-refractivity contribution in [3.8, 4) is 0 Å². The number of pyridine rings is 1. The van der Waals surface area contributed by atoms with E-state index in [2.05, 4.69) is 31.3 Å². The van der Waals surface area contributed by atoms with Gasteiger partial charge in [-0.2, -0.15) is 0 Å². The van der Waals surface area contributed by atoms with Crippen LogP contribution in [0.5, 0.6) is 0 Å². The molecule has 8 heteroatoms. The van der Waals surface area contributed by atoms with E-state index in [9.17, 15) is 14.3 Å². The highest BCUT2D eigenvalue weighted by Crippen LogP contribution is 2.41. The molecule has 0 radical (unpaired) electrons. The topological polar surface area (TPSA) is 83.9 Å². The van der Waals surface area contributed by atoms with E-state index in [0.29, 0.717) is 31.9 Å². The van der Waals surface area contributed by atoms with E-state index < -0.39 is 17.8 Å². The fourth-order valence-corrected chi connectivity index (χ4v) is 6.10. The Morgan fingerprint density at radius 1 is 1.28 bits per heavy atom. The standard InChI is InChI=1S/C31H42FN3O4/c1-31(2)14-12-27(39-20-31)25-11-9-22(32)18-26(25)28(30(36)37)35-16-13-24(19-35)38-17-4-3-7-23-10-8-21-6-5-15-33-29(21)34-23/h8-11,18,24,27-28H,3-7,12-17,19-20H2,1-2H3,(H,33,34)(H,36,37)/t24-,27+,28-/m1/s1. The first-order valence-electron chi connectivity index (χ1n) is 14.5. The molecule has 4 heterocycles. The first kappa shape index (κ1) is 28.0. The predicted octanol–water partition coefficient (Wildman–Crippen LogP) is 5.70. The molecule has 39 heavy (non-hydrogen) atoms. The van der Waals surface area contributed by atoms with Crippen molar-refractivity contribution in [2.75, 3.05) is 38.2 Å². The SMILES string of the molecule is CC1(C)CC[C@@H](c2ccc(F)cc2[C@H](C(=O)O)N2CC[C@@H](OCCCCc3ccc4c(n3)NCCC4)C2)OC1. The molecule has 1 aromatic heterocycles. The third-order valence-electron chi connectivity index (χ3n) is 8.36. The predicted molar refractivity (Wildman–Crippen MR) is 148 cm³/mol. The lowest BCUT2D eigenvalue weighted by atomic mass is 9.82. The zero-order valence-corrected chi connectivity index (χ0v) is 23.3. The summed E-state index contributed by atoms with van der Waals surface area (Å²) in [5, 5.41) is 13.6. The highest BCUT2D eigenvalue weighted by atomic mass is 19.1. The van der Waals surface area contributed by atoms with Gasteiger partial charge < -0.3 is 19.9 Å². The minimum Gasteiger partial charge on any atom is -0.480 e. The summed E-state index contributed by atoms with van der Waals surface area (Å²) in [6, 6.07) is 7.90. The molecule has 3 atom stereocenters. The zero-order valence-electron chi connectivity index (χ0n) is 23.3. The normalized spacial score (nSPS) is 23.7. The van der Waals surface area contributed by atoms with E-state index in [4.69, 9.17) is 14.5 Å². The number of ether oxygens (including phenoxy) is 2. The number of nitrogens with zero attached hydrogens (tertiary/aromatic N) is 2. The van der Waals surface area contributed by atoms with Crippen LogP contribution in [0.4, 0.5) is 10.2 Å². The van der Waals surface area contributed by atoms with Crippen molar-refractivity contribution in [3.63, 3.8) is 0 Å². The first-order valence-corrected chi connectivity index (χ1v) is 14.5. The van der Waals surface area contributed by atoms with Gasteiger partial charge in [0.2, 0.25) is 0 Å². The molecule has 212 valence electrons. The van der Waals surface area contributed by atoms with Gasteiger partial charge in [-0.3, -0.25) is 9.69 Å². The molecule has 0 saturated carbocycles. The number of halogens is 1. The molecule has 7 nitrogen and oxygen atoms in total. The molecule has 0 unspecified atom stereocenters. The van der Waals surface area contributed by atoms with E-state index in [-0.39, 0.29) is 17.6 Å². The maximum absolute atomic E-state index is 14.4. The van der Waals surface area contributed by atoms with Crippen LogP contribution in [0.2, 0.25) is 0 Å². The van der Waals surface area contributed by atoms with Gasteiger partial charge in [0.25, 0.3) is 0 Å². The van der Waals surface area contributed by atoms with Crippen LogP contribution in [0.15, 0.2) is 30.3 Å². The van der Waals surface area contributed by atoms with Gasteiger partial charge in [0.15, 0.2) is 0 Å². The van der Waals surface area contributed by atoms with Crippen LogP contribution in [-0.4, -0.2) is 59.9 Å². The summed E-state index contributed by atoms with van der Waals surface area (Å²) in [6.07, 6.45) is 7.38. The largest absolute Gasteiger partial charge is 0.480 e. The number of hydrogen-bond donors (Lipinski definition) is 2. The summed E-state index contributed by atoms with van der Waals surface area (Å²) in [5.74, 6) is -0.354. The Hall–Kier alpha value is -2.55. The number of fused-ring (bicyclic) bond motifs is 1. The quantitative estimate of drug-likeness (QED) is 0.375. The number of hydrogen-bond acceptors (Lipinski definition) is 6. The Morgan fingerprint density at radius 3 is 2.95 bits per heavy atom. The van der Waals surface area contributed by atoms with Gasteiger partial charge in [0.1, 0.15) is 17.7 Å². The number of likely N-dealkylation sites (tertiary alicyclic amines) is 1. The minimum absolute atomic E-state index is 0.0262. The Bertz CT molecular complexity index is 1150. The van der Waals surface area contributed by atoms with Crippen molar-refractivity contribution in [2.24, 2.45) is 5.41 Å². The summed E-state index contributed by atoms with van der Waals surface area (Å²) in [5.41, 5.74) is 3.79. The second-order valence-corrected chi connectivity index (χ2v) is 12.1. The summed E-state index contributed by atoms with van der Waals surface area (Å²) < 4.78 is 26.7. The summed E-state index contributed by atoms with van der Waals surface area (Å²) >= 11 is 0. The molecule has 2 saturated heterocycles. The van der Waals surface area contributed by atoms with Crippen LogP contribution in [-0.2, 0) is 27.1 Å². The van der Waals surface area contributed by atoms with E-state index in [1.165, 1.54) is 17.7 Å². The van der Waals surface area contributed by atoms with E-state index in [1.807, 2.05) is 4.90 Å². The Morgan fingerprint density at radius 2 is 2.15 bits per heavy atom. The van der Waals surface area contributed by atoms with Crippen LogP contribution in [0.25, 0.3) is 0 Å². The van der Waals surface area contributed by atoms with Crippen molar-refractivity contribution in [3.05, 3.63) is 58.5 Å². The third-order valence-corrected chi connectivity index (χ3v) is 8.36. The number of carboxylic acid groups (broad SMARTS) is 1. The number of benzene rings is 1. The van der Waals surface area contributed by atoms with Crippen LogP contribution in [0.1, 0.15) is 86.9 Å². The van der Waals surface area contributed by atoms with Crippen molar-refractivity contribution in [1.82, 2.24) is 9.88 Å². The van der Waals surface area contributed by atoms with Crippen molar-refractivity contribution >= 4 is 11.8 Å². The zero-order chi connectivity index (χ0) is 27.4. The van der Waals surface area contributed by atoms with Crippen LogP contribution in [0, 0.1) is 11.2 Å². The minimum atomic E-state index is -0.967. The van der Waals surface area contributed by atoms with Gasteiger partial charge in [-0.25, -0.2) is 9.37 Å². The number of carboxylic acids is 1. The molecular formula is C31H42FN3O4. The van der Waals surface area contributed by atoms with Crippen LogP contribution < -0.4 is 5.32 Å². The fraction of sp³-hybridized carbons (Fsp3) is 0.613. The summed E-state index contributed by atoms with van der Waals surface area (Å²) in [4.78, 5) is 19.2. The second kappa shape index (κ2) is 12.3. The van der Waals surface area contributed by atoms with Crippen molar-refractivity contribution in [2.45, 2.75) is 83.5 Å². The molecule has 3 aliphatic heterocycles. The third kappa shape index (κ3) is 6.97. The number of unbranched alkanes of at least 4 members (excludes halogenated alkanes) is 1. The fourth-order valence-electron chi connectivity index (χ4n) is 6.10. The first-order chi connectivity index (χ1) is 18.8. The number of aromatic nitrogens is 1. The molecule has 0 amide bonds. The Balaban J connectivity index is 1.14. The van der Waals surface area contributed by atoms with Crippen molar-refractivity contribution < 1.29 is 23.8 Å². The number of aryl methyl sites for hydroxylation is 2. The highest BCUT2D eigenvalue weighted by Gasteiger charge is 2.38. The van der Waals surface area contributed by atoms with Crippen molar-refractivity contribution in [1.29, 1.82) is 0 Å². The smallest absolute Gasteiger partial charge is 0.325 e. The Kier molecular flexibility index (Phi) is 8.84. The number of aliphatic carboxylic acids is 1. The highest BCUT2D eigenvalue weighted by molar-refractivity contribution is 5.76. The number of nitrogens with one attached hydrogen (secondary N) is 1. The molecule has 1 aromatic carbocycles. The van der Waals surface area contributed by atoms with Gasteiger partial charge in [-0.05, 0) is 91.7 Å². The molecule has 2 N–H and O–H groups in total. The van der Waals surface area contributed by atoms with Crippen LogP contribution >= 0.6 is 0 Å². The molecule has 2 aromatic rings. The average Bonchev–Trinajstić information content (AvgIpc) is 3.37. The molecule has 0 aliphatic carbocycles. The van der Waals surface area contributed by atoms with E-state index >= 15 is 0 Å². The van der Waals surface area contributed by atoms with E-state index in [0.717, 1.165) is 75.0 Å².